The highest BCUT2D eigenvalue weighted by molar-refractivity contribution is 4.83. The van der Waals surface area contributed by atoms with Gasteiger partial charge in [-0.15, -0.1) is 0 Å². The number of hydrogen-bond donors (Lipinski definition) is 0. The Labute approximate surface area is 63.8 Å². The van der Waals surface area contributed by atoms with Crippen LogP contribution in [-0.2, 0) is 0 Å². The van der Waals surface area contributed by atoms with Gasteiger partial charge in [0.05, 0.1) is 0 Å². The van der Waals surface area contributed by atoms with E-state index in [9.17, 15) is 4.39 Å². The van der Waals surface area contributed by atoms with E-state index < -0.39 is 5.67 Å². The summed E-state index contributed by atoms with van der Waals surface area (Å²) in [4.78, 5) is 0. The van der Waals surface area contributed by atoms with Crippen molar-refractivity contribution in [1.29, 1.82) is 0 Å². The molecule has 0 saturated carbocycles. The molecule has 0 unspecified atom stereocenters. The first-order valence-electron chi connectivity index (χ1n) is 3.84. The second kappa shape index (κ2) is 2.52. The van der Waals surface area contributed by atoms with Crippen molar-refractivity contribution in [2.24, 2.45) is 11.3 Å². The molecule has 0 N–H and O–H groups in total. The molecular formula is C9H19F. The topological polar surface area (TPSA) is 0 Å². The minimum Gasteiger partial charge on any atom is -0.244 e. The van der Waals surface area contributed by atoms with Crippen LogP contribution < -0.4 is 0 Å². The lowest BCUT2D eigenvalue weighted by Crippen LogP contribution is -2.33. The van der Waals surface area contributed by atoms with Gasteiger partial charge < -0.3 is 0 Å². The smallest absolute Gasteiger partial charge is 0.108 e. The molecule has 0 rings (SSSR count). The second-order valence-electron chi connectivity index (χ2n) is 4.65. The molecule has 0 heterocycles. The average Bonchev–Trinajstić information content (AvgIpc) is 1.59. The maximum Gasteiger partial charge on any atom is 0.108 e. The summed E-state index contributed by atoms with van der Waals surface area (Å²) in [6.45, 7) is 11.4. The van der Waals surface area contributed by atoms with E-state index in [0.717, 1.165) is 0 Å². The minimum atomic E-state index is -1.06. The molecule has 0 nitrogen and oxygen atoms in total. The molecule has 0 aliphatic heterocycles. The van der Waals surface area contributed by atoms with Crippen LogP contribution in [0, 0.1) is 11.3 Å². The van der Waals surface area contributed by atoms with E-state index in [0.29, 0.717) is 0 Å². The maximum absolute atomic E-state index is 13.3. The molecule has 0 spiro atoms. The third-order valence-corrected chi connectivity index (χ3v) is 2.33. The number of hydrogen-bond acceptors (Lipinski definition) is 0. The highest BCUT2D eigenvalue weighted by Crippen LogP contribution is 2.35. The summed E-state index contributed by atoms with van der Waals surface area (Å²) in [7, 11) is 0. The molecule has 1 heteroatoms. The van der Waals surface area contributed by atoms with Crippen LogP contribution >= 0.6 is 0 Å². The zero-order chi connectivity index (χ0) is 8.58. The first-order valence-corrected chi connectivity index (χ1v) is 3.84. The summed E-state index contributed by atoms with van der Waals surface area (Å²) in [5.74, 6) is 0.0972. The van der Waals surface area contributed by atoms with Gasteiger partial charge in [0.2, 0.25) is 0 Å². The van der Waals surface area contributed by atoms with E-state index in [1.165, 1.54) is 0 Å². The average molecular weight is 146 g/mol. The lowest BCUT2D eigenvalue weighted by Gasteiger charge is -2.34. The molecule has 0 bridgehead atoms. The molecule has 0 aromatic heterocycles. The Morgan fingerprint density at radius 3 is 1.30 bits per heavy atom. The van der Waals surface area contributed by atoms with Gasteiger partial charge in [-0.2, -0.15) is 0 Å². The molecule has 62 valence electrons. The summed E-state index contributed by atoms with van der Waals surface area (Å²) in [5.41, 5.74) is -0.990. The third-order valence-electron chi connectivity index (χ3n) is 2.33. The summed E-state index contributed by atoms with van der Waals surface area (Å²) >= 11 is 0. The van der Waals surface area contributed by atoms with E-state index >= 15 is 0 Å². The summed E-state index contributed by atoms with van der Waals surface area (Å²) in [6.07, 6.45) is 0. The van der Waals surface area contributed by atoms with Gasteiger partial charge in [-0.25, -0.2) is 4.39 Å². The Morgan fingerprint density at radius 2 is 1.30 bits per heavy atom. The SMILES string of the molecule is C[C@@H](C(C)(C)C)C(C)(C)F. The van der Waals surface area contributed by atoms with Gasteiger partial charge >= 0.3 is 0 Å². The van der Waals surface area contributed by atoms with Gasteiger partial charge in [0, 0.05) is 0 Å². The van der Waals surface area contributed by atoms with E-state index in [2.05, 4.69) is 20.8 Å². The number of rotatable bonds is 1. The van der Waals surface area contributed by atoms with Crippen LogP contribution in [0.5, 0.6) is 0 Å². The number of halogens is 1. The van der Waals surface area contributed by atoms with Crippen molar-refractivity contribution in [3.8, 4) is 0 Å². The fourth-order valence-corrected chi connectivity index (χ4v) is 1.03. The Bertz CT molecular complexity index is 88.9. The van der Waals surface area contributed by atoms with Gasteiger partial charge in [-0.1, -0.05) is 27.7 Å². The Morgan fingerprint density at radius 1 is 1.00 bits per heavy atom. The predicted octanol–water partition coefficient (Wildman–Crippen LogP) is 3.42. The van der Waals surface area contributed by atoms with Crippen LogP contribution in [0.3, 0.4) is 0 Å². The van der Waals surface area contributed by atoms with Crippen molar-refractivity contribution in [1.82, 2.24) is 0 Å². The van der Waals surface area contributed by atoms with Crippen molar-refractivity contribution in [3.63, 3.8) is 0 Å². The maximum atomic E-state index is 13.3. The van der Waals surface area contributed by atoms with Crippen LogP contribution in [0.2, 0.25) is 0 Å². The van der Waals surface area contributed by atoms with Gasteiger partial charge in [0.15, 0.2) is 0 Å². The third kappa shape index (κ3) is 2.68. The van der Waals surface area contributed by atoms with Crippen molar-refractivity contribution >= 4 is 0 Å². The van der Waals surface area contributed by atoms with Gasteiger partial charge in [0.1, 0.15) is 5.67 Å². The first kappa shape index (κ1) is 9.93. The molecule has 0 aliphatic rings. The van der Waals surface area contributed by atoms with Crippen LogP contribution in [0.4, 0.5) is 4.39 Å². The van der Waals surface area contributed by atoms with E-state index in [1.807, 2.05) is 6.92 Å². The fourth-order valence-electron chi connectivity index (χ4n) is 1.03. The van der Waals surface area contributed by atoms with Crippen LogP contribution in [-0.4, -0.2) is 5.67 Å². The van der Waals surface area contributed by atoms with Crippen molar-refractivity contribution in [2.45, 2.75) is 47.2 Å². The Hall–Kier alpha value is -0.0700. The molecule has 0 aliphatic carbocycles. The standard InChI is InChI=1S/C9H19F/c1-7(8(2,3)4)9(5,6)10/h7H,1-6H3/t7-/m0/s1. The first-order chi connectivity index (χ1) is 4.15. The van der Waals surface area contributed by atoms with Crippen molar-refractivity contribution in [2.75, 3.05) is 0 Å². The normalized spacial score (nSPS) is 17.1. The molecule has 0 fully saturated rings. The van der Waals surface area contributed by atoms with Gasteiger partial charge in [0.25, 0.3) is 0 Å². The number of alkyl halides is 1. The lowest BCUT2D eigenvalue weighted by atomic mass is 9.74. The zero-order valence-electron chi connectivity index (χ0n) is 7.96. The quantitative estimate of drug-likeness (QED) is 0.531. The molecule has 0 amide bonds. The second-order valence-corrected chi connectivity index (χ2v) is 4.65. The van der Waals surface area contributed by atoms with Crippen LogP contribution in [0.15, 0.2) is 0 Å². The summed E-state index contributed by atoms with van der Waals surface area (Å²) < 4.78 is 13.3. The molecule has 0 saturated heterocycles. The molecule has 0 radical (unpaired) electrons. The van der Waals surface area contributed by atoms with Crippen molar-refractivity contribution < 1.29 is 4.39 Å². The highest BCUT2D eigenvalue weighted by Gasteiger charge is 2.33. The van der Waals surface area contributed by atoms with E-state index in [-0.39, 0.29) is 11.3 Å². The largest absolute Gasteiger partial charge is 0.244 e. The van der Waals surface area contributed by atoms with Crippen LogP contribution in [0.1, 0.15) is 41.5 Å². The molecule has 1 atom stereocenters. The summed E-state index contributed by atoms with van der Waals surface area (Å²) in [5, 5.41) is 0. The molecular weight excluding hydrogens is 127 g/mol. The molecule has 0 aromatic rings. The Balaban J connectivity index is 4.23. The molecule has 0 aromatic carbocycles. The fraction of sp³-hybridized carbons (Fsp3) is 1.00. The lowest BCUT2D eigenvalue weighted by molar-refractivity contribution is 0.0571. The molecule has 10 heavy (non-hydrogen) atoms. The summed E-state index contributed by atoms with van der Waals surface area (Å²) in [6, 6.07) is 0. The minimum absolute atomic E-state index is 0.0677. The van der Waals surface area contributed by atoms with Crippen molar-refractivity contribution in [3.05, 3.63) is 0 Å². The Kier molecular flexibility index (Phi) is 2.50. The zero-order valence-corrected chi connectivity index (χ0v) is 7.96. The highest BCUT2D eigenvalue weighted by atomic mass is 19.1. The monoisotopic (exact) mass is 146 g/mol. The van der Waals surface area contributed by atoms with Crippen LogP contribution in [0.25, 0.3) is 0 Å². The van der Waals surface area contributed by atoms with E-state index in [1.54, 1.807) is 13.8 Å². The predicted molar refractivity (Wildman–Crippen MR) is 43.8 cm³/mol. The van der Waals surface area contributed by atoms with E-state index in [4.69, 9.17) is 0 Å². The van der Waals surface area contributed by atoms with Gasteiger partial charge in [-0.3, -0.25) is 0 Å². The van der Waals surface area contributed by atoms with Gasteiger partial charge in [-0.05, 0) is 25.2 Å².